The molecule has 0 bridgehead atoms. The topological polar surface area (TPSA) is 17.0 Å². The number of hydrogen-bond donors (Lipinski definition) is 1. The highest BCUT2D eigenvalue weighted by atomic mass is 15.0. The van der Waals surface area contributed by atoms with Crippen molar-refractivity contribution in [2.24, 2.45) is 0 Å². The van der Waals surface area contributed by atoms with Gasteiger partial charge in [-0.25, -0.2) is 0 Å². The van der Waals surface area contributed by atoms with E-state index in [1.54, 1.807) is 0 Å². The molecule has 0 aliphatic carbocycles. The number of para-hydroxylation sites is 1. The van der Waals surface area contributed by atoms with Crippen LogP contribution in [0.3, 0.4) is 0 Å². The minimum atomic E-state index is 1.01. The van der Waals surface area contributed by atoms with Gasteiger partial charge in [0.25, 0.3) is 0 Å². The number of fused-ring (bicyclic) bond motifs is 3. The molecule has 2 aromatic carbocycles. The largest absolute Gasteiger partial charge is 0.344 e. The number of benzene rings is 2. The van der Waals surface area contributed by atoms with Crippen molar-refractivity contribution in [3.05, 3.63) is 71.4 Å². The van der Waals surface area contributed by atoms with E-state index in [1.165, 1.54) is 27.7 Å². The van der Waals surface area contributed by atoms with Crippen LogP contribution in [0.4, 0.5) is 0 Å². The van der Waals surface area contributed by atoms with Gasteiger partial charge in [0.2, 0.25) is 0 Å². The van der Waals surface area contributed by atoms with Crippen LogP contribution in [0.5, 0.6) is 0 Å². The lowest BCUT2D eigenvalue weighted by molar-refractivity contribution is 0.594. The molecule has 0 spiro atoms. The maximum absolute atomic E-state index is 3.51. The van der Waals surface area contributed by atoms with Gasteiger partial charge in [0.05, 0.1) is 0 Å². The second-order valence-electron chi connectivity index (χ2n) is 5.76. The van der Waals surface area contributed by atoms with Gasteiger partial charge in [-0.3, -0.25) is 0 Å². The lowest BCUT2D eigenvalue weighted by atomic mass is 10.1. The third-order valence-corrected chi connectivity index (χ3v) is 4.50. The summed E-state index contributed by atoms with van der Waals surface area (Å²) in [5.41, 5.74) is 5.84. The molecule has 0 unspecified atom stereocenters. The van der Waals surface area contributed by atoms with Crippen LogP contribution in [0.2, 0.25) is 0 Å². The summed E-state index contributed by atoms with van der Waals surface area (Å²) in [4.78, 5) is 0. The number of nitrogens with one attached hydrogen (secondary N) is 1. The molecule has 0 saturated carbocycles. The Morgan fingerprint density at radius 2 is 1.76 bits per heavy atom. The summed E-state index contributed by atoms with van der Waals surface area (Å²) in [6.07, 6.45) is 2.23. The molecule has 0 amide bonds. The summed E-state index contributed by atoms with van der Waals surface area (Å²) in [7, 11) is 0. The van der Waals surface area contributed by atoms with Gasteiger partial charge in [0.1, 0.15) is 0 Å². The average Bonchev–Trinajstić information content (AvgIpc) is 2.88. The molecule has 1 aromatic heterocycles. The van der Waals surface area contributed by atoms with Crippen LogP contribution in [0.15, 0.2) is 54.6 Å². The third-order valence-electron chi connectivity index (χ3n) is 4.50. The van der Waals surface area contributed by atoms with Crippen LogP contribution in [0.25, 0.3) is 10.9 Å². The number of nitrogens with zero attached hydrogens (tertiary/aromatic N) is 1. The van der Waals surface area contributed by atoms with E-state index in [1.807, 2.05) is 0 Å². The summed E-state index contributed by atoms with van der Waals surface area (Å²) in [5.74, 6) is 0. The number of hydrogen-bond acceptors (Lipinski definition) is 1. The first-order valence-corrected chi connectivity index (χ1v) is 7.77. The van der Waals surface area contributed by atoms with Gasteiger partial charge >= 0.3 is 0 Å². The molecule has 1 aliphatic heterocycles. The summed E-state index contributed by atoms with van der Waals surface area (Å²) < 4.78 is 2.54. The average molecular weight is 276 g/mol. The molecule has 2 heteroatoms. The van der Waals surface area contributed by atoms with E-state index >= 15 is 0 Å². The molecular weight excluding hydrogens is 256 g/mol. The summed E-state index contributed by atoms with van der Waals surface area (Å²) >= 11 is 0. The standard InChI is InChI=1S/C19H20N2/c1-2-6-15(7-3-1)11-13-21-18-9-5-4-8-16(18)17-14-20-12-10-19(17)21/h1-9,20H,10-14H2. The Labute approximate surface area is 125 Å². The van der Waals surface area contributed by atoms with Gasteiger partial charge in [-0.15, -0.1) is 0 Å². The first-order valence-electron chi connectivity index (χ1n) is 7.77. The van der Waals surface area contributed by atoms with Crippen LogP contribution in [-0.4, -0.2) is 11.1 Å². The lowest BCUT2D eigenvalue weighted by Crippen LogP contribution is -2.24. The zero-order chi connectivity index (χ0) is 14.1. The zero-order valence-electron chi connectivity index (χ0n) is 12.2. The monoisotopic (exact) mass is 276 g/mol. The Kier molecular flexibility index (Phi) is 3.24. The molecule has 1 aliphatic rings. The molecule has 4 rings (SSSR count). The maximum Gasteiger partial charge on any atom is 0.0486 e. The fraction of sp³-hybridized carbons (Fsp3) is 0.263. The third kappa shape index (κ3) is 2.26. The van der Waals surface area contributed by atoms with Crippen molar-refractivity contribution < 1.29 is 0 Å². The number of rotatable bonds is 3. The molecule has 0 fully saturated rings. The molecule has 0 saturated heterocycles. The van der Waals surface area contributed by atoms with Crippen molar-refractivity contribution in [1.82, 2.24) is 9.88 Å². The molecular formula is C19H20N2. The zero-order valence-corrected chi connectivity index (χ0v) is 12.2. The van der Waals surface area contributed by atoms with E-state index in [-0.39, 0.29) is 0 Å². The Morgan fingerprint density at radius 1 is 0.952 bits per heavy atom. The fourth-order valence-corrected chi connectivity index (χ4v) is 3.47. The first-order chi connectivity index (χ1) is 10.4. The van der Waals surface area contributed by atoms with Gasteiger partial charge in [0.15, 0.2) is 0 Å². The van der Waals surface area contributed by atoms with E-state index < -0.39 is 0 Å². The van der Waals surface area contributed by atoms with Crippen molar-refractivity contribution >= 4 is 10.9 Å². The summed E-state index contributed by atoms with van der Waals surface area (Å²) in [6.45, 7) is 3.17. The van der Waals surface area contributed by atoms with Crippen LogP contribution < -0.4 is 5.32 Å². The quantitative estimate of drug-likeness (QED) is 0.774. The lowest BCUT2D eigenvalue weighted by Gasteiger charge is -2.17. The molecule has 2 nitrogen and oxygen atoms in total. The van der Waals surface area contributed by atoms with E-state index in [0.29, 0.717) is 0 Å². The molecule has 2 heterocycles. The van der Waals surface area contributed by atoms with Gasteiger partial charge in [-0.05, 0) is 23.6 Å². The Balaban J connectivity index is 1.74. The predicted molar refractivity (Wildman–Crippen MR) is 87.5 cm³/mol. The van der Waals surface area contributed by atoms with Crippen molar-refractivity contribution in [1.29, 1.82) is 0 Å². The van der Waals surface area contributed by atoms with Crippen molar-refractivity contribution in [2.45, 2.75) is 25.9 Å². The molecule has 106 valence electrons. The minimum absolute atomic E-state index is 1.01. The molecule has 21 heavy (non-hydrogen) atoms. The van der Waals surface area contributed by atoms with Crippen molar-refractivity contribution in [3.8, 4) is 0 Å². The number of aromatic nitrogens is 1. The molecule has 0 radical (unpaired) electrons. The fourth-order valence-electron chi connectivity index (χ4n) is 3.47. The summed E-state index contributed by atoms with van der Waals surface area (Å²) in [5, 5.41) is 4.93. The highest BCUT2D eigenvalue weighted by molar-refractivity contribution is 5.85. The second kappa shape index (κ2) is 5.38. The predicted octanol–water partition coefficient (Wildman–Crippen LogP) is 3.53. The van der Waals surface area contributed by atoms with E-state index in [4.69, 9.17) is 0 Å². The smallest absolute Gasteiger partial charge is 0.0486 e. The summed E-state index contributed by atoms with van der Waals surface area (Å²) in [6, 6.07) is 19.6. The SMILES string of the molecule is c1ccc(CCn2c3c(c4ccccc42)CNCC3)cc1. The van der Waals surface area contributed by atoms with Gasteiger partial charge in [-0.2, -0.15) is 0 Å². The first kappa shape index (κ1) is 12.7. The molecule has 3 aromatic rings. The van der Waals surface area contributed by atoms with Crippen LogP contribution in [-0.2, 0) is 25.9 Å². The van der Waals surface area contributed by atoms with Gasteiger partial charge in [-0.1, -0.05) is 48.5 Å². The maximum atomic E-state index is 3.51. The highest BCUT2D eigenvalue weighted by Crippen LogP contribution is 2.28. The van der Waals surface area contributed by atoms with Crippen LogP contribution in [0.1, 0.15) is 16.8 Å². The Morgan fingerprint density at radius 3 is 2.67 bits per heavy atom. The van der Waals surface area contributed by atoms with Crippen molar-refractivity contribution in [3.63, 3.8) is 0 Å². The minimum Gasteiger partial charge on any atom is -0.344 e. The highest BCUT2D eigenvalue weighted by Gasteiger charge is 2.18. The Hall–Kier alpha value is -2.06. The van der Waals surface area contributed by atoms with E-state index in [0.717, 1.165) is 32.5 Å². The molecule has 0 atom stereocenters. The van der Waals surface area contributed by atoms with Crippen molar-refractivity contribution in [2.75, 3.05) is 6.54 Å². The van der Waals surface area contributed by atoms with Gasteiger partial charge < -0.3 is 9.88 Å². The Bertz CT molecular complexity index is 756. The normalized spacial score (nSPS) is 14.3. The van der Waals surface area contributed by atoms with Crippen LogP contribution >= 0.6 is 0 Å². The van der Waals surface area contributed by atoms with Crippen LogP contribution in [0, 0.1) is 0 Å². The van der Waals surface area contributed by atoms with E-state index in [2.05, 4.69) is 64.5 Å². The second-order valence-corrected chi connectivity index (χ2v) is 5.76. The number of aryl methyl sites for hydroxylation is 2. The molecule has 1 N–H and O–H groups in total. The van der Waals surface area contributed by atoms with E-state index in [9.17, 15) is 0 Å². The van der Waals surface area contributed by atoms with Gasteiger partial charge in [0, 0.05) is 42.7 Å².